The lowest BCUT2D eigenvalue weighted by Crippen LogP contribution is -2.45. The average molecular weight is 287 g/mol. The van der Waals surface area contributed by atoms with Crippen LogP contribution in [0.3, 0.4) is 0 Å². The molecule has 0 unspecified atom stereocenters. The topological polar surface area (TPSA) is 49.3 Å². The van der Waals surface area contributed by atoms with Gasteiger partial charge in [-0.15, -0.1) is 0 Å². The standard InChI is InChI=1S/C13H15F2NO2S/c14-9-1-2-10(11(15)7-9)12(17)16-8-13(18)3-5-19-6-4-13/h1-2,7,18H,3-6,8H2,(H,16,17). The van der Waals surface area contributed by atoms with E-state index in [4.69, 9.17) is 0 Å². The molecule has 2 rings (SSSR count). The van der Waals surface area contributed by atoms with Gasteiger partial charge in [-0.05, 0) is 36.5 Å². The average Bonchev–Trinajstić information content (AvgIpc) is 2.37. The summed E-state index contributed by atoms with van der Waals surface area (Å²) in [6.45, 7) is 0.0865. The Kier molecular flexibility index (Phi) is 4.42. The summed E-state index contributed by atoms with van der Waals surface area (Å²) in [6, 6.07) is 2.80. The van der Waals surface area contributed by atoms with E-state index in [1.165, 1.54) is 0 Å². The Morgan fingerprint density at radius 2 is 2.05 bits per heavy atom. The van der Waals surface area contributed by atoms with Gasteiger partial charge in [0.1, 0.15) is 11.6 Å². The number of nitrogens with one attached hydrogen (secondary N) is 1. The molecular weight excluding hydrogens is 272 g/mol. The molecule has 1 aromatic rings. The molecular formula is C13H15F2NO2S. The van der Waals surface area contributed by atoms with Crippen molar-refractivity contribution in [1.82, 2.24) is 5.32 Å². The monoisotopic (exact) mass is 287 g/mol. The summed E-state index contributed by atoms with van der Waals surface area (Å²) in [5.41, 5.74) is -1.13. The Bertz CT molecular complexity index is 476. The first-order valence-corrected chi connectivity index (χ1v) is 7.19. The number of amides is 1. The van der Waals surface area contributed by atoms with Crippen LogP contribution in [0.5, 0.6) is 0 Å². The number of rotatable bonds is 3. The van der Waals surface area contributed by atoms with Crippen molar-refractivity contribution in [3.8, 4) is 0 Å². The molecule has 3 nitrogen and oxygen atoms in total. The van der Waals surface area contributed by atoms with E-state index < -0.39 is 23.1 Å². The lowest BCUT2D eigenvalue weighted by molar-refractivity contribution is 0.0310. The smallest absolute Gasteiger partial charge is 0.254 e. The summed E-state index contributed by atoms with van der Waals surface area (Å²) in [7, 11) is 0. The molecule has 6 heteroatoms. The van der Waals surface area contributed by atoms with Gasteiger partial charge in [0.15, 0.2) is 0 Å². The molecule has 1 saturated heterocycles. The highest BCUT2D eigenvalue weighted by Gasteiger charge is 2.30. The SMILES string of the molecule is O=C(NCC1(O)CCSCC1)c1ccc(F)cc1F. The zero-order chi connectivity index (χ0) is 13.9. The summed E-state index contributed by atoms with van der Waals surface area (Å²) >= 11 is 1.76. The van der Waals surface area contributed by atoms with Crippen molar-refractivity contribution in [2.45, 2.75) is 18.4 Å². The number of hydrogen-bond donors (Lipinski definition) is 2. The minimum atomic E-state index is -0.919. The van der Waals surface area contributed by atoms with E-state index in [0.717, 1.165) is 23.6 Å². The maximum atomic E-state index is 13.4. The highest BCUT2D eigenvalue weighted by atomic mass is 32.2. The highest BCUT2D eigenvalue weighted by molar-refractivity contribution is 7.99. The van der Waals surface area contributed by atoms with Gasteiger partial charge in [0.2, 0.25) is 0 Å². The second-order valence-electron chi connectivity index (χ2n) is 4.64. The van der Waals surface area contributed by atoms with Gasteiger partial charge in [0.05, 0.1) is 11.2 Å². The van der Waals surface area contributed by atoms with Crippen LogP contribution in [0.4, 0.5) is 8.78 Å². The number of benzene rings is 1. The summed E-state index contributed by atoms with van der Waals surface area (Å²) in [5.74, 6) is -0.570. The van der Waals surface area contributed by atoms with Gasteiger partial charge >= 0.3 is 0 Å². The van der Waals surface area contributed by atoms with Crippen molar-refractivity contribution in [1.29, 1.82) is 0 Å². The van der Waals surface area contributed by atoms with Crippen LogP contribution in [0.25, 0.3) is 0 Å². The zero-order valence-electron chi connectivity index (χ0n) is 10.3. The Morgan fingerprint density at radius 1 is 1.37 bits per heavy atom. The van der Waals surface area contributed by atoms with Crippen molar-refractivity contribution in [3.05, 3.63) is 35.4 Å². The van der Waals surface area contributed by atoms with Gasteiger partial charge in [-0.25, -0.2) is 8.78 Å². The van der Waals surface area contributed by atoms with Crippen LogP contribution in [0.2, 0.25) is 0 Å². The van der Waals surface area contributed by atoms with Gasteiger partial charge in [-0.1, -0.05) is 0 Å². The molecule has 1 aliphatic heterocycles. The largest absolute Gasteiger partial charge is 0.388 e. The Labute approximate surface area is 114 Å². The van der Waals surface area contributed by atoms with Gasteiger partial charge in [-0.2, -0.15) is 11.8 Å². The lowest BCUT2D eigenvalue weighted by Gasteiger charge is -2.31. The number of hydrogen-bond acceptors (Lipinski definition) is 3. The first kappa shape index (κ1) is 14.3. The van der Waals surface area contributed by atoms with Crippen LogP contribution in [0, 0.1) is 11.6 Å². The molecule has 104 valence electrons. The van der Waals surface area contributed by atoms with Crippen LogP contribution < -0.4 is 5.32 Å². The third-order valence-corrected chi connectivity index (χ3v) is 4.16. The van der Waals surface area contributed by atoms with Crippen molar-refractivity contribution >= 4 is 17.7 Å². The summed E-state index contributed by atoms with van der Waals surface area (Å²) in [4.78, 5) is 11.8. The fraction of sp³-hybridized carbons (Fsp3) is 0.462. The van der Waals surface area contributed by atoms with Crippen molar-refractivity contribution in [3.63, 3.8) is 0 Å². The predicted octanol–water partition coefficient (Wildman–Crippen LogP) is 1.95. The summed E-state index contributed by atoms with van der Waals surface area (Å²) in [5, 5.41) is 12.7. The van der Waals surface area contributed by atoms with Crippen LogP contribution in [0.1, 0.15) is 23.2 Å². The van der Waals surface area contributed by atoms with E-state index in [1.54, 1.807) is 11.8 Å². The van der Waals surface area contributed by atoms with Gasteiger partial charge < -0.3 is 10.4 Å². The minimum absolute atomic E-state index is 0.0865. The number of carbonyl (C=O) groups is 1. The summed E-state index contributed by atoms with van der Waals surface area (Å²) < 4.78 is 26.1. The van der Waals surface area contributed by atoms with E-state index in [2.05, 4.69) is 5.32 Å². The molecule has 1 amide bonds. The van der Waals surface area contributed by atoms with Crippen LogP contribution in [-0.4, -0.2) is 34.7 Å². The minimum Gasteiger partial charge on any atom is -0.388 e. The zero-order valence-corrected chi connectivity index (χ0v) is 11.1. The molecule has 1 aromatic carbocycles. The molecule has 2 N–H and O–H groups in total. The molecule has 0 spiro atoms. The third kappa shape index (κ3) is 3.67. The van der Waals surface area contributed by atoms with E-state index in [1.807, 2.05) is 0 Å². The molecule has 0 radical (unpaired) electrons. The maximum Gasteiger partial charge on any atom is 0.254 e. The quantitative estimate of drug-likeness (QED) is 0.893. The number of aliphatic hydroxyl groups is 1. The van der Waals surface area contributed by atoms with E-state index in [0.29, 0.717) is 18.9 Å². The Morgan fingerprint density at radius 3 is 2.68 bits per heavy atom. The van der Waals surface area contributed by atoms with Crippen LogP contribution in [0.15, 0.2) is 18.2 Å². The first-order valence-electron chi connectivity index (χ1n) is 6.04. The van der Waals surface area contributed by atoms with Crippen molar-refractivity contribution < 1.29 is 18.7 Å². The highest BCUT2D eigenvalue weighted by Crippen LogP contribution is 2.26. The fourth-order valence-corrected chi connectivity index (χ4v) is 3.19. The molecule has 1 fully saturated rings. The Balaban J connectivity index is 1.97. The molecule has 0 aromatic heterocycles. The third-order valence-electron chi connectivity index (χ3n) is 3.18. The normalized spacial score (nSPS) is 18.1. The van der Waals surface area contributed by atoms with Crippen LogP contribution >= 0.6 is 11.8 Å². The molecule has 1 heterocycles. The second kappa shape index (κ2) is 5.88. The van der Waals surface area contributed by atoms with Crippen LogP contribution in [-0.2, 0) is 0 Å². The van der Waals surface area contributed by atoms with Gasteiger partial charge in [0, 0.05) is 12.6 Å². The van der Waals surface area contributed by atoms with Gasteiger partial charge in [-0.3, -0.25) is 4.79 Å². The molecule has 19 heavy (non-hydrogen) atoms. The molecule has 0 saturated carbocycles. The molecule has 1 aliphatic rings. The molecule has 0 bridgehead atoms. The molecule has 0 atom stereocenters. The van der Waals surface area contributed by atoms with E-state index >= 15 is 0 Å². The van der Waals surface area contributed by atoms with E-state index in [-0.39, 0.29) is 12.1 Å². The predicted molar refractivity (Wildman–Crippen MR) is 70.2 cm³/mol. The van der Waals surface area contributed by atoms with Crippen molar-refractivity contribution in [2.75, 3.05) is 18.1 Å². The fourth-order valence-electron chi connectivity index (χ4n) is 1.94. The van der Waals surface area contributed by atoms with Crippen molar-refractivity contribution in [2.24, 2.45) is 0 Å². The van der Waals surface area contributed by atoms with E-state index in [9.17, 15) is 18.7 Å². The first-order chi connectivity index (χ1) is 9.00. The summed E-state index contributed by atoms with van der Waals surface area (Å²) in [6.07, 6.45) is 1.20. The second-order valence-corrected chi connectivity index (χ2v) is 5.87. The number of carbonyl (C=O) groups excluding carboxylic acids is 1. The number of thioether (sulfide) groups is 1. The lowest BCUT2D eigenvalue weighted by atomic mass is 9.97. The molecule has 0 aliphatic carbocycles. The van der Waals surface area contributed by atoms with Gasteiger partial charge in [0.25, 0.3) is 5.91 Å². The maximum absolute atomic E-state index is 13.4. The Hall–Kier alpha value is -1.14. The number of halogens is 2.